The van der Waals surface area contributed by atoms with Gasteiger partial charge in [0, 0.05) is 23.8 Å². The fourth-order valence-corrected chi connectivity index (χ4v) is 3.07. The monoisotopic (exact) mass is 354 g/mol. The highest BCUT2D eigenvalue weighted by Crippen LogP contribution is 2.33. The minimum Gasteiger partial charge on any atom is -0.598 e. The van der Waals surface area contributed by atoms with Gasteiger partial charge in [-0.3, -0.25) is 0 Å². The smallest absolute Gasteiger partial charge is 0.410 e. The van der Waals surface area contributed by atoms with Crippen LogP contribution in [0.2, 0.25) is 0 Å². The molecule has 1 aliphatic heterocycles. The Morgan fingerprint density at radius 1 is 1.25 bits per heavy atom. The molecule has 1 amide bonds. The van der Waals surface area contributed by atoms with Gasteiger partial charge in [-0.05, 0) is 47.6 Å². The first-order chi connectivity index (χ1) is 10.9. The zero-order valence-corrected chi connectivity index (χ0v) is 15.9. The summed E-state index contributed by atoms with van der Waals surface area (Å²) in [6, 6.07) is 1.72. The van der Waals surface area contributed by atoms with Crippen LogP contribution in [0.15, 0.2) is 18.5 Å². The van der Waals surface area contributed by atoms with Gasteiger partial charge in [0.25, 0.3) is 0 Å². The molecule has 1 atom stereocenters. The third kappa shape index (κ3) is 4.37. The summed E-state index contributed by atoms with van der Waals surface area (Å²) in [4.78, 5) is 22.3. The van der Waals surface area contributed by atoms with E-state index in [1.54, 1.807) is 23.4 Å². The number of ether oxygens (including phenoxy) is 1. The molecular formula is C16H26N4O3S. The average molecular weight is 354 g/mol. The van der Waals surface area contributed by atoms with E-state index in [1.165, 1.54) is 0 Å². The molecule has 1 fully saturated rings. The molecule has 0 aliphatic carbocycles. The summed E-state index contributed by atoms with van der Waals surface area (Å²) in [5.41, 5.74) is -1.28. The number of likely N-dealkylation sites (tertiary alicyclic amines) is 1. The summed E-state index contributed by atoms with van der Waals surface area (Å²) in [6.45, 7) is 11.8. The summed E-state index contributed by atoms with van der Waals surface area (Å²) in [5.74, 6) is 0.530. The Morgan fingerprint density at radius 3 is 2.25 bits per heavy atom. The maximum absolute atomic E-state index is 12.6. The van der Waals surface area contributed by atoms with E-state index in [0.717, 1.165) is 0 Å². The zero-order chi connectivity index (χ0) is 18.2. The van der Waals surface area contributed by atoms with Gasteiger partial charge in [0.2, 0.25) is 0 Å². The SMILES string of the molecule is CC(C)(C)OC(=O)N1CC(N[S+]([O-])C(C)(C)C)(c2ncccn2)C1. The van der Waals surface area contributed by atoms with Gasteiger partial charge in [0.05, 0.1) is 13.1 Å². The Bertz CT molecular complexity index is 577. The third-order valence-electron chi connectivity index (χ3n) is 3.41. The van der Waals surface area contributed by atoms with Crippen LogP contribution in [0.5, 0.6) is 0 Å². The van der Waals surface area contributed by atoms with E-state index < -0.39 is 33.3 Å². The highest BCUT2D eigenvalue weighted by molar-refractivity contribution is 7.90. The predicted molar refractivity (Wildman–Crippen MR) is 92.5 cm³/mol. The van der Waals surface area contributed by atoms with Gasteiger partial charge in [0.15, 0.2) is 11.4 Å². The summed E-state index contributed by atoms with van der Waals surface area (Å²) >= 11 is -1.31. The summed E-state index contributed by atoms with van der Waals surface area (Å²) in [7, 11) is 0. The van der Waals surface area contributed by atoms with Crippen LogP contribution in [-0.2, 0) is 21.6 Å². The number of nitrogens with zero attached hydrogens (tertiary/aromatic N) is 3. The lowest BCUT2D eigenvalue weighted by molar-refractivity contribution is -0.0145. The van der Waals surface area contributed by atoms with Crippen LogP contribution in [0, 0.1) is 0 Å². The molecule has 7 nitrogen and oxygen atoms in total. The van der Waals surface area contributed by atoms with Crippen LogP contribution in [0.4, 0.5) is 4.79 Å². The van der Waals surface area contributed by atoms with Gasteiger partial charge in [-0.2, -0.15) is 0 Å². The first-order valence-electron chi connectivity index (χ1n) is 7.88. The number of amides is 1. The zero-order valence-electron chi connectivity index (χ0n) is 15.1. The van der Waals surface area contributed by atoms with Crippen LogP contribution >= 0.6 is 0 Å². The lowest BCUT2D eigenvalue weighted by atomic mass is 9.90. The quantitative estimate of drug-likeness (QED) is 0.835. The molecule has 1 aromatic heterocycles. The highest BCUT2D eigenvalue weighted by Gasteiger charge is 2.54. The molecule has 0 spiro atoms. The van der Waals surface area contributed by atoms with Crippen molar-refractivity contribution in [1.82, 2.24) is 19.6 Å². The minimum atomic E-state index is -1.31. The molecule has 0 radical (unpaired) electrons. The van der Waals surface area contributed by atoms with Crippen LogP contribution in [0.1, 0.15) is 47.4 Å². The van der Waals surface area contributed by atoms with Gasteiger partial charge in [-0.1, -0.05) is 0 Å². The number of hydrogen-bond donors (Lipinski definition) is 1. The second-order valence-electron chi connectivity index (χ2n) is 7.97. The first-order valence-corrected chi connectivity index (χ1v) is 9.03. The third-order valence-corrected chi connectivity index (χ3v) is 5.10. The van der Waals surface area contributed by atoms with Gasteiger partial charge in [-0.15, -0.1) is 4.72 Å². The second-order valence-corrected chi connectivity index (χ2v) is 9.94. The lowest BCUT2D eigenvalue weighted by Gasteiger charge is -2.48. The molecule has 1 N–H and O–H groups in total. The molecule has 24 heavy (non-hydrogen) atoms. The van der Waals surface area contributed by atoms with Crippen molar-refractivity contribution in [3.05, 3.63) is 24.3 Å². The minimum absolute atomic E-state index is 0.313. The van der Waals surface area contributed by atoms with E-state index in [-0.39, 0.29) is 0 Å². The van der Waals surface area contributed by atoms with Gasteiger partial charge >= 0.3 is 6.09 Å². The van der Waals surface area contributed by atoms with Crippen molar-refractivity contribution in [3.8, 4) is 0 Å². The Kier molecular flexibility index (Phi) is 5.13. The van der Waals surface area contributed by atoms with E-state index in [1.807, 2.05) is 41.5 Å². The van der Waals surface area contributed by atoms with Crippen molar-refractivity contribution in [1.29, 1.82) is 0 Å². The van der Waals surface area contributed by atoms with Crippen molar-refractivity contribution < 1.29 is 14.1 Å². The summed E-state index contributed by atoms with van der Waals surface area (Å²) in [6.07, 6.45) is 2.89. The van der Waals surface area contributed by atoms with E-state index in [0.29, 0.717) is 18.9 Å². The van der Waals surface area contributed by atoms with E-state index >= 15 is 0 Å². The molecule has 0 aromatic carbocycles. The number of carbonyl (C=O) groups is 1. The maximum Gasteiger partial charge on any atom is 0.410 e. The Hall–Kier alpha value is -1.38. The van der Waals surface area contributed by atoms with E-state index in [4.69, 9.17) is 4.74 Å². The number of carbonyl (C=O) groups excluding carboxylic acids is 1. The number of hydrogen-bond acceptors (Lipinski definition) is 6. The Labute approximate surface area is 146 Å². The number of rotatable bonds is 3. The van der Waals surface area contributed by atoms with E-state index in [2.05, 4.69) is 14.7 Å². The standard InChI is InChI=1S/C16H26N4O3S/c1-14(2,3)23-13(21)20-10-16(11-20,12-17-8-7-9-18-12)19-24(22)15(4,5)6/h7-9,19H,10-11H2,1-6H3. The fraction of sp³-hybridized carbons (Fsp3) is 0.688. The molecular weight excluding hydrogens is 328 g/mol. The Balaban J connectivity index is 2.16. The van der Waals surface area contributed by atoms with Crippen LogP contribution < -0.4 is 4.72 Å². The molecule has 0 bridgehead atoms. The topological polar surface area (TPSA) is 90.4 Å². The molecule has 2 rings (SSSR count). The number of aromatic nitrogens is 2. The first kappa shape index (κ1) is 19.0. The molecule has 1 unspecified atom stereocenters. The average Bonchev–Trinajstić information content (AvgIpc) is 2.39. The normalized spacial score (nSPS) is 18.7. The number of nitrogens with one attached hydrogen (secondary N) is 1. The van der Waals surface area contributed by atoms with Gasteiger partial charge < -0.3 is 14.2 Å². The van der Waals surface area contributed by atoms with E-state index in [9.17, 15) is 9.35 Å². The van der Waals surface area contributed by atoms with Crippen molar-refractivity contribution in [3.63, 3.8) is 0 Å². The molecule has 134 valence electrons. The van der Waals surface area contributed by atoms with Crippen molar-refractivity contribution >= 4 is 17.5 Å². The molecule has 2 heterocycles. The fourth-order valence-electron chi connectivity index (χ4n) is 2.19. The molecule has 0 saturated carbocycles. The lowest BCUT2D eigenvalue weighted by Crippen LogP contribution is -2.70. The molecule has 1 saturated heterocycles. The predicted octanol–water partition coefficient (Wildman–Crippen LogP) is 1.97. The second kappa shape index (κ2) is 6.50. The van der Waals surface area contributed by atoms with Crippen LogP contribution in [0.25, 0.3) is 0 Å². The van der Waals surface area contributed by atoms with Crippen molar-refractivity contribution in [2.45, 2.75) is 57.4 Å². The maximum atomic E-state index is 12.6. The van der Waals surface area contributed by atoms with Crippen molar-refractivity contribution in [2.75, 3.05) is 13.1 Å². The highest BCUT2D eigenvalue weighted by atomic mass is 32.2. The Morgan fingerprint density at radius 2 is 1.79 bits per heavy atom. The summed E-state index contributed by atoms with van der Waals surface area (Å²) in [5, 5.41) is 0. The molecule has 8 heteroatoms. The molecule has 1 aliphatic rings. The van der Waals surface area contributed by atoms with Gasteiger partial charge in [-0.25, -0.2) is 14.8 Å². The summed E-state index contributed by atoms with van der Waals surface area (Å²) < 4.78 is 20.6. The van der Waals surface area contributed by atoms with Gasteiger partial charge in [0.1, 0.15) is 10.3 Å². The van der Waals surface area contributed by atoms with Crippen LogP contribution in [-0.4, -0.2) is 49.0 Å². The molecule has 1 aromatic rings. The van der Waals surface area contributed by atoms with Crippen molar-refractivity contribution in [2.24, 2.45) is 0 Å². The van der Waals surface area contributed by atoms with Crippen LogP contribution in [0.3, 0.4) is 0 Å². The largest absolute Gasteiger partial charge is 0.598 e.